The number of carbonyl (C=O) groups is 1. The highest BCUT2D eigenvalue weighted by molar-refractivity contribution is 5.86. The third kappa shape index (κ3) is 8.21. The van der Waals surface area contributed by atoms with Crippen molar-refractivity contribution >= 4 is 11.7 Å². The zero-order chi connectivity index (χ0) is 29.9. The van der Waals surface area contributed by atoms with Gasteiger partial charge in [0.15, 0.2) is 6.29 Å². The number of hydrogen-bond acceptors (Lipinski definition) is 10. The molecule has 2 saturated heterocycles. The monoisotopic (exact) mass is 559 g/mol. The van der Waals surface area contributed by atoms with Gasteiger partial charge in [0, 0.05) is 18.1 Å². The van der Waals surface area contributed by atoms with Gasteiger partial charge in [-0.15, -0.1) is 0 Å². The van der Waals surface area contributed by atoms with Gasteiger partial charge in [-0.3, -0.25) is 4.79 Å². The first-order chi connectivity index (χ1) is 18.0. The number of rotatable bonds is 5. The van der Waals surface area contributed by atoms with Gasteiger partial charge < -0.3 is 44.8 Å². The lowest BCUT2D eigenvalue weighted by molar-refractivity contribution is -0.274. The topological polar surface area (TPSA) is 159 Å². The SMILES string of the molecule is CC[C@H]1OC(=O)[C@H](C)[C@@H](O[C@H]2C[C@H](C)[C@@H](OCO)[C@H](C)O2)[C@H](C)C[C@](C)(O)C[C@@H](C)C(=N)[C@H](C)[C@@H](O)[C@]1(C)O. The van der Waals surface area contributed by atoms with Crippen LogP contribution in [-0.4, -0.2) is 86.9 Å². The standard InChI is InChI=1S/C29H53NO9/c1-10-21-29(9,35)26(32)18(5)23(30)16(3)12-28(8,34)13-17(4)24(19(6)27(33)38-21)39-22-11-15(2)25(36-14-31)20(7)37-22/h15-22,24-26,30-32,34-35H,10-14H2,1-9H3/t15-,16+,17+,18-,19+,20-,21+,22-,24-,25+,26+,28+,29+/m0/s1. The summed E-state index contributed by atoms with van der Waals surface area (Å²) in [4.78, 5) is 13.5. The first kappa shape index (κ1) is 34.1. The summed E-state index contributed by atoms with van der Waals surface area (Å²) in [5.41, 5.74) is -2.77. The van der Waals surface area contributed by atoms with Crippen LogP contribution >= 0.6 is 0 Å². The Bertz CT molecular complexity index is 807. The second-order valence-corrected chi connectivity index (χ2v) is 12.7. The molecule has 228 valence electrons. The van der Waals surface area contributed by atoms with Gasteiger partial charge in [-0.05, 0) is 64.7 Å². The smallest absolute Gasteiger partial charge is 0.311 e. The van der Waals surface area contributed by atoms with E-state index in [1.165, 1.54) is 6.92 Å². The van der Waals surface area contributed by atoms with Crippen molar-refractivity contribution in [3.8, 4) is 0 Å². The van der Waals surface area contributed by atoms with E-state index in [-0.39, 0.29) is 48.5 Å². The van der Waals surface area contributed by atoms with Crippen molar-refractivity contribution < 1.29 is 44.2 Å². The fraction of sp³-hybridized carbons (Fsp3) is 0.931. The summed E-state index contributed by atoms with van der Waals surface area (Å²) < 4.78 is 23.8. The van der Waals surface area contributed by atoms with Crippen LogP contribution < -0.4 is 0 Å². The molecular formula is C29H53NO9. The van der Waals surface area contributed by atoms with Gasteiger partial charge in [0.25, 0.3) is 0 Å². The Labute approximate surface area is 233 Å². The Hall–Kier alpha value is -1.14. The molecule has 10 nitrogen and oxygen atoms in total. The molecule has 0 bridgehead atoms. The van der Waals surface area contributed by atoms with Crippen LogP contribution in [0.5, 0.6) is 0 Å². The molecule has 39 heavy (non-hydrogen) atoms. The van der Waals surface area contributed by atoms with Gasteiger partial charge in [0.1, 0.15) is 18.5 Å². The molecule has 0 aromatic carbocycles. The fourth-order valence-electron chi connectivity index (χ4n) is 6.64. The van der Waals surface area contributed by atoms with Crippen molar-refractivity contribution in [2.45, 2.75) is 136 Å². The van der Waals surface area contributed by atoms with E-state index in [0.717, 1.165) is 0 Å². The Kier molecular flexibility index (Phi) is 11.9. The number of aliphatic hydroxyl groups is 4. The van der Waals surface area contributed by atoms with E-state index < -0.39 is 60.4 Å². The van der Waals surface area contributed by atoms with Crippen LogP contribution in [0.25, 0.3) is 0 Å². The van der Waals surface area contributed by atoms with Crippen LogP contribution in [0.3, 0.4) is 0 Å². The summed E-state index contributed by atoms with van der Waals surface area (Å²) in [6.07, 6.45) is -3.00. The van der Waals surface area contributed by atoms with Crippen LogP contribution in [-0.2, 0) is 23.7 Å². The number of esters is 1. The molecule has 5 N–H and O–H groups in total. The molecule has 2 aliphatic rings. The van der Waals surface area contributed by atoms with E-state index in [9.17, 15) is 25.2 Å². The summed E-state index contributed by atoms with van der Waals surface area (Å²) in [6.45, 7) is 15.5. The zero-order valence-corrected chi connectivity index (χ0v) is 25.2. The summed E-state index contributed by atoms with van der Waals surface area (Å²) in [7, 11) is 0. The van der Waals surface area contributed by atoms with Crippen LogP contribution in [0, 0.1) is 35.0 Å². The van der Waals surface area contributed by atoms with Crippen LogP contribution in [0.4, 0.5) is 0 Å². The van der Waals surface area contributed by atoms with Gasteiger partial charge in [-0.2, -0.15) is 0 Å². The summed E-state index contributed by atoms with van der Waals surface area (Å²) in [5.74, 6) is -2.69. The molecule has 0 aromatic heterocycles. The molecule has 0 saturated carbocycles. The van der Waals surface area contributed by atoms with Gasteiger partial charge >= 0.3 is 5.97 Å². The quantitative estimate of drug-likeness (QED) is 0.252. The number of ether oxygens (including phenoxy) is 4. The Morgan fingerprint density at radius 1 is 1.00 bits per heavy atom. The molecule has 0 aromatic rings. The predicted molar refractivity (Wildman–Crippen MR) is 146 cm³/mol. The van der Waals surface area contributed by atoms with E-state index in [2.05, 4.69) is 0 Å². The number of aliphatic hydroxyl groups excluding tert-OH is 2. The highest BCUT2D eigenvalue weighted by Crippen LogP contribution is 2.37. The lowest BCUT2D eigenvalue weighted by Crippen LogP contribution is -2.56. The molecular weight excluding hydrogens is 506 g/mol. The number of nitrogens with one attached hydrogen (secondary N) is 1. The van der Waals surface area contributed by atoms with E-state index in [4.69, 9.17) is 24.4 Å². The van der Waals surface area contributed by atoms with E-state index in [1.807, 2.05) is 27.7 Å². The van der Waals surface area contributed by atoms with Gasteiger partial charge in [0.2, 0.25) is 0 Å². The highest BCUT2D eigenvalue weighted by atomic mass is 16.7. The second-order valence-electron chi connectivity index (χ2n) is 12.7. The number of hydrogen-bond donors (Lipinski definition) is 5. The fourth-order valence-corrected chi connectivity index (χ4v) is 6.64. The largest absolute Gasteiger partial charge is 0.459 e. The first-order valence-electron chi connectivity index (χ1n) is 14.4. The van der Waals surface area contributed by atoms with Crippen molar-refractivity contribution in [2.75, 3.05) is 6.79 Å². The van der Waals surface area contributed by atoms with E-state index >= 15 is 0 Å². The second kappa shape index (κ2) is 13.7. The summed E-state index contributed by atoms with van der Waals surface area (Å²) >= 11 is 0. The van der Waals surface area contributed by atoms with Gasteiger partial charge in [-0.25, -0.2) is 0 Å². The van der Waals surface area contributed by atoms with E-state index in [0.29, 0.717) is 12.8 Å². The number of cyclic esters (lactones) is 1. The lowest BCUT2D eigenvalue weighted by atomic mass is 9.75. The molecule has 13 atom stereocenters. The zero-order valence-electron chi connectivity index (χ0n) is 25.2. The maximum atomic E-state index is 13.5. The molecule has 2 fully saturated rings. The molecule has 0 unspecified atom stereocenters. The molecule has 2 rings (SSSR count). The molecule has 10 heteroatoms. The average molecular weight is 560 g/mol. The normalized spacial score (nSPS) is 47.4. The molecule has 2 aliphatic heterocycles. The molecule has 0 radical (unpaired) electrons. The highest BCUT2D eigenvalue weighted by Gasteiger charge is 2.47. The van der Waals surface area contributed by atoms with Crippen molar-refractivity contribution in [2.24, 2.45) is 29.6 Å². The lowest BCUT2D eigenvalue weighted by Gasteiger charge is -2.43. The Balaban J connectivity index is 2.42. The number of carbonyl (C=O) groups excluding carboxylic acids is 1. The average Bonchev–Trinajstić information content (AvgIpc) is 2.84. The maximum Gasteiger partial charge on any atom is 0.311 e. The van der Waals surface area contributed by atoms with Gasteiger partial charge in [0.05, 0.1) is 35.9 Å². The van der Waals surface area contributed by atoms with E-state index in [1.54, 1.807) is 27.7 Å². The molecule has 0 amide bonds. The van der Waals surface area contributed by atoms with Crippen LogP contribution in [0.2, 0.25) is 0 Å². The van der Waals surface area contributed by atoms with Crippen LogP contribution in [0.1, 0.15) is 88.0 Å². The minimum Gasteiger partial charge on any atom is -0.459 e. The van der Waals surface area contributed by atoms with Crippen molar-refractivity contribution in [3.63, 3.8) is 0 Å². The predicted octanol–water partition coefficient (Wildman–Crippen LogP) is 3.02. The minimum absolute atomic E-state index is 0.0278. The minimum atomic E-state index is -1.80. The summed E-state index contributed by atoms with van der Waals surface area (Å²) in [5, 5.41) is 51.7. The first-order valence-corrected chi connectivity index (χ1v) is 14.4. The Morgan fingerprint density at radius 2 is 1.62 bits per heavy atom. The van der Waals surface area contributed by atoms with Crippen LogP contribution in [0.15, 0.2) is 0 Å². The molecule has 0 spiro atoms. The third-order valence-corrected chi connectivity index (χ3v) is 8.84. The van der Waals surface area contributed by atoms with Crippen molar-refractivity contribution in [3.05, 3.63) is 0 Å². The van der Waals surface area contributed by atoms with Crippen molar-refractivity contribution in [1.82, 2.24) is 0 Å². The van der Waals surface area contributed by atoms with Crippen molar-refractivity contribution in [1.29, 1.82) is 5.41 Å². The molecule has 0 aliphatic carbocycles. The summed E-state index contributed by atoms with van der Waals surface area (Å²) in [6, 6.07) is 0. The third-order valence-electron chi connectivity index (χ3n) is 8.84. The Morgan fingerprint density at radius 3 is 2.15 bits per heavy atom. The molecule has 2 heterocycles. The maximum absolute atomic E-state index is 13.5. The van der Waals surface area contributed by atoms with Gasteiger partial charge in [-0.1, -0.05) is 34.6 Å².